The second-order valence-electron chi connectivity index (χ2n) is 4.97. The van der Waals surface area contributed by atoms with E-state index in [1.54, 1.807) is 18.1 Å². The van der Waals surface area contributed by atoms with Gasteiger partial charge in [0.15, 0.2) is 0 Å². The van der Waals surface area contributed by atoms with Crippen LogP contribution in [0.25, 0.3) is 0 Å². The van der Waals surface area contributed by atoms with Crippen molar-refractivity contribution < 1.29 is 9.53 Å². The van der Waals surface area contributed by atoms with Gasteiger partial charge in [-0.15, -0.1) is 6.58 Å². The van der Waals surface area contributed by atoms with Crippen LogP contribution in [0.4, 0.5) is 0 Å². The minimum absolute atomic E-state index is 0.122. The molecule has 1 N–H and O–H groups in total. The molecule has 0 unspecified atom stereocenters. The van der Waals surface area contributed by atoms with E-state index in [4.69, 9.17) is 4.74 Å². The SMILES string of the molecule is C=CCN(CCOC)C(=O)[C@H]1Cc2ccccc2CN1. The van der Waals surface area contributed by atoms with Crippen molar-refractivity contribution >= 4 is 5.91 Å². The molecule has 0 bridgehead atoms. The maximum Gasteiger partial charge on any atom is 0.240 e. The van der Waals surface area contributed by atoms with Crippen LogP contribution in [0.15, 0.2) is 36.9 Å². The Bertz CT molecular complexity index is 473. The molecule has 1 atom stereocenters. The summed E-state index contributed by atoms with van der Waals surface area (Å²) < 4.78 is 5.06. The van der Waals surface area contributed by atoms with Crippen LogP contribution in [0, 0.1) is 0 Å². The highest BCUT2D eigenvalue weighted by molar-refractivity contribution is 5.82. The molecule has 0 fully saturated rings. The molecule has 0 aromatic heterocycles. The Balaban J connectivity index is 2.03. The van der Waals surface area contributed by atoms with Crippen LogP contribution in [-0.4, -0.2) is 43.7 Å². The van der Waals surface area contributed by atoms with E-state index in [-0.39, 0.29) is 11.9 Å². The van der Waals surface area contributed by atoms with Gasteiger partial charge in [0.1, 0.15) is 0 Å². The Kier molecular flexibility index (Phi) is 5.32. The predicted octanol–water partition coefficient (Wildman–Crippen LogP) is 1.36. The fourth-order valence-electron chi connectivity index (χ4n) is 2.50. The van der Waals surface area contributed by atoms with Crippen molar-refractivity contribution in [2.75, 3.05) is 26.8 Å². The van der Waals surface area contributed by atoms with Crippen molar-refractivity contribution in [3.05, 3.63) is 48.0 Å². The highest BCUT2D eigenvalue weighted by Crippen LogP contribution is 2.17. The summed E-state index contributed by atoms with van der Waals surface area (Å²) in [5, 5.41) is 3.32. The van der Waals surface area contributed by atoms with E-state index in [2.05, 4.69) is 24.0 Å². The Labute approximate surface area is 120 Å². The van der Waals surface area contributed by atoms with Gasteiger partial charge in [-0.25, -0.2) is 0 Å². The number of nitrogens with zero attached hydrogens (tertiary/aromatic N) is 1. The molecule has 1 amide bonds. The summed E-state index contributed by atoms with van der Waals surface area (Å²) in [6.45, 7) is 6.17. The van der Waals surface area contributed by atoms with Gasteiger partial charge in [-0.2, -0.15) is 0 Å². The summed E-state index contributed by atoms with van der Waals surface area (Å²) in [5.41, 5.74) is 2.54. The van der Waals surface area contributed by atoms with E-state index >= 15 is 0 Å². The molecule has 1 aromatic rings. The van der Waals surface area contributed by atoms with Gasteiger partial charge < -0.3 is 15.0 Å². The summed E-state index contributed by atoms with van der Waals surface area (Å²) in [6.07, 6.45) is 2.50. The molecule has 0 spiro atoms. The van der Waals surface area contributed by atoms with Crippen molar-refractivity contribution in [3.63, 3.8) is 0 Å². The zero-order chi connectivity index (χ0) is 14.4. The number of amides is 1. The van der Waals surface area contributed by atoms with Crippen LogP contribution in [0.1, 0.15) is 11.1 Å². The van der Waals surface area contributed by atoms with Gasteiger partial charge in [0.05, 0.1) is 12.6 Å². The van der Waals surface area contributed by atoms with E-state index < -0.39 is 0 Å². The Morgan fingerprint density at radius 1 is 1.50 bits per heavy atom. The van der Waals surface area contributed by atoms with Crippen LogP contribution in [0.3, 0.4) is 0 Å². The third-order valence-electron chi connectivity index (χ3n) is 3.61. The number of benzene rings is 1. The molecule has 1 aliphatic rings. The molecule has 1 aliphatic heterocycles. The number of ether oxygens (including phenoxy) is 1. The number of carbonyl (C=O) groups is 1. The number of fused-ring (bicyclic) bond motifs is 1. The number of hydrogen-bond donors (Lipinski definition) is 1. The van der Waals surface area contributed by atoms with Crippen molar-refractivity contribution in [2.24, 2.45) is 0 Å². The molecular weight excluding hydrogens is 252 g/mol. The number of rotatable bonds is 6. The topological polar surface area (TPSA) is 41.6 Å². The van der Waals surface area contributed by atoms with Gasteiger partial charge >= 0.3 is 0 Å². The number of methoxy groups -OCH3 is 1. The summed E-state index contributed by atoms with van der Waals surface area (Å²) in [5.74, 6) is 0.122. The molecule has 0 radical (unpaired) electrons. The van der Waals surface area contributed by atoms with Gasteiger partial charge in [-0.05, 0) is 17.5 Å². The van der Waals surface area contributed by atoms with Crippen LogP contribution in [0.5, 0.6) is 0 Å². The first-order valence-corrected chi connectivity index (χ1v) is 6.95. The standard InChI is InChI=1S/C16H22N2O2/c1-3-8-18(9-10-20-2)16(19)15-11-13-6-4-5-7-14(13)12-17-15/h3-7,15,17H,1,8-12H2,2H3/t15-/m1/s1. The van der Waals surface area contributed by atoms with Gasteiger partial charge in [0.25, 0.3) is 0 Å². The van der Waals surface area contributed by atoms with Crippen molar-refractivity contribution in [1.29, 1.82) is 0 Å². The smallest absolute Gasteiger partial charge is 0.240 e. The lowest BCUT2D eigenvalue weighted by atomic mass is 9.95. The molecular formula is C16H22N2O2. The highest BCUT2D eigenvalue weighted by atomic mass is 16.5. The molecule has 0 saturated heterocycles. The van der Waals surface area contributed by atoms with Crippen molar-refractivity contribution in [2.45, 2.75) is 19.0 Å². The lowest BCUT2D eigenvalue weighted by molar-refractivity contribution is -0.133. The van der Waals surface area contributed by atoms with Gasteiger partial charge in [-0.3, -0.25) is 4.79 Å². The molecule has 1 aromatic carbocycles. The molecule has 20 heavy (non-hydrogen) atoms. The van der Waals surface area contributed by atoms with Gasteiger partial charge in [0.2, 0.25) is 5.91 Å². The third kappa shape index (κ3) is 3.46. The molecule has 2 rings (SSSR count). The quantitative estimate of drug-likeness (QED) is 0.797. The monoisotopic (exact) mass is 274 g/mol. The van der Waals surface area contributed by atoms with Crippen LogP contribution in [-0.2, 0) is 22.5 Å². The first-order valence-electron chi connectivity index (χ1n) is 6.95. The highest BCUT2D eigenvalue weighted by Gasteiger charge is 2.27. The molecule has 1 heterocycles. The second-order valence-corrected chi connectivity index (χ2v) is 4.97. The zero-order valence-corrected chi connectivity index (χ0v) is 12.0. The first kappa shape index (κ1) is 14.8. The third-order valence-corrected chi connectivity index (χ3v) is 3.61. The minimum atomic E-state index is -0.151. The Morgan fingerprint density at radius 2 is 2.25 bits per heavy atom. The summed E-state index contributed by atoms with van der Waals surface area (Å²) in [4.78, 5) is 14.4. The Hall–Kier alpha value is -1.65. The normalized spacial score (nSPS) is 17.4. The van der Waals surface area contributed by atoms with E-state index in [0.29, 0.717) is 19.7 Å². The fourth-order valence-corrected chi connectivity index (χ4v) is 2.50. The second kappa shape index (κ2) is 7.22. The van der Waals surface area contributed by atoms with Crippen molar-refractivity contribution in [3.8, 4) is 0 Å². The lowest BCUT2D eigenvalue weighted by Crippen LogP contribution is -2.50. The number of nitrogens with one attached hydrogen (secondary N) is 1. The molecule has 4 nitrogen and oxygen atoms in total. The molecule has 0 saturated carbocycles. The van der Waals surface area contributed by atoms with Gasteiger partial charge in [0, 0.05) is 26.7 Å². The summed E-state index contributed by atoms with van der Waals surface area (Å²) in [7, 11) is 1.64. The maximum absolute atomic E-state index is 12.6. The predicted molar refractivity (Wildman–Crippen MR) is 79.4 cm³/mol. The van der Waals surface area contributed by atoms with E-state index in [1.807, 2.05) is 12.1 Å². The maximum atomic E-state index is 12.6. The molecule has 108 valence electrons. The Morgan fingerprint density at radius 3 is 2.95 bits per heavy atom. The number of carbonyl (C=O) groups excluding carboxylic acids is 1. The zero-order valence-electron chi connectivity index (χ0n) is 12.0. The molecule has 4 heteroatoms. The molecule has 0 aliphatic carbocycles. The number of hydrogen-bond acceptors (Lipinski definition) is 3. The van der Waals surface area contributed by atoms with E-state index in [1.165, 1.54) is 11.1 Å². The first-order chi connectivity index (χ1) is 9.76. The van der Waals surface area contributed by atoms with E-state index in [0.717, 1.165) is 13.0 Å². The lowest BCUT2D eigenvalue weighted by Gasteiger charge is -2.30. The van der Waals surface area contributed by atoms with Crippen molar-refractivity contribution in [1.82, 2.24) is 10.2 Å². The average Bonchev–Trinajstić information content (AvgIpc) is 2.50. The fraction of sp³-hybridized carbons (Fsp3) is 0.438. The van der Waals surface area contributed by atoms with E-state index in [9.17, 15) is 4.79 Å². The largest absolute Gasteiger partial charge is 0.383 e. The van der Waals surface area contributed by atoms with Crippen LogP contribution < -0.4 is 5.32 Å². The van der Waals surface area contributed by atoms with Crippen LogP contribution >= 0.6 is 0 Å². The van der Waals surface area contributed by atoms with Gasteiger partial charge in [-0.1, -0.05) is 30.3 Å². The average molecular weight is 274 g/mol. The summed E-state index contributed by atoms with van der Waals surface area (Å²) in [6, 6.07) is 8.11. The minimum Gasteiger partial charge on any atom is -0.383 e. The summed E-state index contributed by atoms with van der Waals surface area (Å²) >= 11 is 0. The van der Waals surface area contributed by atoms with Crippen LogP contribution in [0.2, 0.25) is 0 Å².